The maximum Gasteiger partial charge on any atom is 0.224 e. The molecule has 0 spiro atoms. The summed E-state index contributed by atoms with van der Waals surface area (Å²) in [5, 5.41) is 7.03. The van der Waals surface area contributed by atoms with Crippen molar-refractivity contribution >= 4 is 5.91 Å². The van der Waals surface area contributed by atoms with Crippen LogP contribution in [-0.4, -0.2) is 53.1 Å². The highest BCUT2D eigenvalue weighted by molar-refractivity contribution is 5.79. The Morgan fingerprint density at radius 3 is 3.12 bits per heavy atom. The van der Waals surface area contributed by atoms with Crippen LogP contribution in [0.5, 0.6) is 11.6 Å². The second kappa shape index (κ2) is 7.31. The van der Waals surface area contributed by atoms with Crippen molar-refractivity contribution in [3.05, 3.63) is 36.3 Å². The van der Waals surface area contributed by atoms with Crippen LogP contribution in [0.4, 0.5) is 0 Å². The number of methoxy groups -OCH3 is 1. The molecule has 0 radical (unpaired) electrons. The standard InChI is InChI=1S/C16H20N4O4/c1-20-8-12(7-18-20)24-14-10-23-9-13(14)19-15(21)5-11-3-4-17-16(6-11)22-2/h3-4,6-8,13-14H,5,9-10H2,1-2H3,(H,19,21)/t13-,14+/m0/s1. The number of aryl methyl sites for hydroxylation is 1. The third-order valence-electron chi connectivity index (χ3n) is 3.72. The van der Waals surface area contributed by atoms with Crippen LogP contribution in [0.3, 0.4) is 0 Å². The minimum atomic E-state index is -0.231. The average Bonchev–Trinajstić information content (AvgIpc) is 3.17. The number of carbonyl (C=O) groups is 1. The molecule has 1 fully saturated rings. The Hall–Kier alpha value is -2.61. The summed E-state index contributed by atoms with van der Waals surface area (Å²) >= 11 is 0. The van der Waals surface area contributed by atoms with Gasteiger partial charge in [-0.3, -0.25) is 9.48 Å². The minimum Gasteiger partial charge on any atom is -0.482 e. The van der Waals surface area contributed by atoms with E-state index in [9.17, 15) is 4.79 Å². The molecule has 0 bridgehead atoms. The van der Waals surface area contributed by atoms with Crippen molar-refractivity contribution in [3.63, 3.8) is 0 Å². The van der Waals surface area contributed by atoms with Crippen LogP contribution in [0.1, 0.15) is 5.56 Å². The molecule has 1 amide bonds. The van der Waals surface area contributed by atoms with Gasteiger partial charge >= 0.3 is 0 Å². The molecule has 2 aromatic heterocycles. The number of ether oxygens (including phenoxy) is 3. The number of aromatic nitrogens is 3. The smallest absolute Gasteiger partial charge is 0.224 e. The van der Waals surface area contributed by atoms with Gasteiger partial charge in [-0.1, -0.05) is 0 Å². The van der Waals surface area contributed by atoms with E-state index in [1.54, 1.807) is 42.5 Å². The van der Waals surface area contributed by atoms with Gasteiger partial charge < -0.3 is 19.5 Å². The molecule has 3 rings (SSSR count). The van der Waals surface area contributed by atoms with E-state index in [-0.39, 0.29) is 24.5 Å². The van der Waals surface area contributed by atoms with Gasteiger partial charge in [0.25, 0.3) is 0 Å². The van der Waals surface area contributed by atoms with E-state index >= 15 is 0 Å². The quantitative estimate of drug-likeness (QED) is 0.820. The third-order valence-corrected chi connectivity index (χ3v) is 3.72. The average molecular weight is 332 g/mol. The predicted octanol–water partition coefficient (Wildman–Crippen LogP) is 0.329. The third kappa shape index (κ3) is 4.02. The van der Waals surface area contributed by atoms with Crippen molar-refractivity contribution in [1.82, 2.24) is 20.1 Å². The lowest BCUT2D eigenvalue weighted by molar-refractivity contribution is -0.121. The zero-order chi connectivity index (χ0) is 16.9. The Morgan fingerprint density at radius 2 is 2.38 bits per heavy atom. The Balaban J connectivity index is 1.56. The number of hydrogen-bond donors (Lipinski definition) is 1. The van der Waals surface area contributed by atoms with E-state index in [1.165, 1.54) is 0 Å². The maximum absolute atomic E-state index is 12.3. The fraction of sp³-hybridized carbons (Fsp3) is 0.438. The maximum atomic E-state index is 12.3. The summed E-state index contributed by atoms with van der Waals surface area (Å²) in [4.78, 5) is 16.3. The first kappa shape index (κ1) is 16.3. The summed E-state index contributed by atoms with van der Waals surface area (Å²) in [6, 6.07) is 3.34. The van der Waals surface area contributed by atoms with Crippen molar-refractivity contribution in [3.8, 4) is 11.6 Å². The van der Waals surface area contributed by atoms with Crippen LogP contribution >= 0.6 is 0 Å². The zero-order valence-electron chi connectivity index (χ0n) is 13.6. The van der Waals surface area contributed by atoms with E-state index < -0.39 is 0 Å². The molecule has 0 aromatic carbocycles. The number of amides is 1. The first-order chi connectivity index (χ1) is 11.6. The van der Waals surface area contributed by atoms with Crippen LogP contribution in [-0.2, 0) is 23.0 Å². The summed E-state index contributed by atoms with van der Waals surface area (Å²) in [5.41, 5.74) is 0.836. The van der Waals surface area contributed by atoms with Crippen molar-refractivity contribution in [2.75, 3.05) is 20.3 Å². The van der Waals surface area contributed by atoms with Crippen LogP contribution in [0.15, 0.2) is 30.7 Å². The molecule has 0 saturated carbocycles. The lowest BCUT2D eigenvalue weighted by Gasteiger charge is -2.19. The Labute approximate surface area is 139 Å². The Bertz CT molecular complexity index is 703. The van der Waals surface area contributed by atoms with Crippen LogP contribution < -0.4 is 14.8 Å². The summed E-state index contributed by atoms with van der Waals surface area (Å²) in [6.45, 7) is 0.860. The molecule has 1 saturated heterocycles. The second-order valence-electron chi connectivity index (χ2n) is 5.60. The molecule has 0 aliphatic carbocycles. The van der Waals surface area contributed by atoms with E-state index in [1.807, 2.05) is 7.05 Å². The van der Waals surface area contributed by atoms with E-state index in [4.69, 9.17) is 14.2 Å². The Morgan fingerprint density at radius 1 is 1.50 bits per heavy atom. The molecular formula is C16H20N4O4. The van der Waals surface area contributed by atoms with Gasteiger partial charge in [0.2, 0.25) is 11.8 Å². The lowest BCUT2D eigenvalue weighted by Crippen LogP contribution is -2.45. The SMILES string of the molecule is COc1cc(CC(=O)N[C@H]2COC[C@H]2Oc2cnn(C)c2)ccn1. The fourth-order valence-corrected chi connectivity index (χ4v) is 2.54. The summed E-state index contributed by atoms with van der Waals surface area (Å²) < 4.78 is 18.0. The van der Waals surface area contributed by atoms with Crippen molar-refractivity contribution < 1.29 is 19.0 Å². The number of carbonyl (C=O) groups excluding carboxylic acids is 1. The first-order valence-electron chi connectivity index (χ1n) is 7.65. The molecule has 2 aromatic rings. The molecule has 3 heterocycles. The van der Waals surface area contributed by atoms with Gasteiger partial charge in [-0.2, -0.15) is 5.10 Å². The van der Waals surface area contributed by atoms with E-state index in [0.717, 1.165) is 5.56 Å². The van der Waals surface area contributed by atoms with Gasteiger partial charge in [-0.15, -0.1) is 0 Å². The summed E-state index contributed by atoms with van der Waals surface area (Å²) in [5.74, 6) is 1.05. The highest BCUT2D eigenvalue weighted by Gasteiger charge is 2.31. The molecule has 1 aliphatic rings. The molecule has 1 N–H and O–H groups in total. The van der Waals surface area contributed by atoms with Gasteiger partial charge in [-0.25, -0.2) is 4.98 Å². The molecule has 128 valence electrons. The van der Waals surface area contributed by atoms with E-state index in [0.29, 0.717) is 24.8 Å². The number of nitrogens with one attached hydrogen (secondary N) is 1. The highest BCUT2D eigenvalue weighted by atomic mass is 16.5. The highest BCUT2D eigenvalue weighted by Crippen LogP contribution is 2.16. The van der Waals surface area contributed by atoms with Gasteiger partial charge in [0.15, 0.2) is 5.75 Å². The summed E-state index contributed by atoms with van der Waals surface area (Å²) in [7, 11) is 3.36. The van der Waals surface area contributed by atoms with Crippen LogP contribution in [0, 0.1) is 0 Å². The first-order valence-corrected chi connectivity index (χ1v) is 7.65. The van der Waals surface area contributed by atoms with Gasteiger partial charge in [0, 0.05) is 19.3 Å². The molecule has 24 heavy (non-hydrogen) atoms. The number of hydrogen-bond acceptors (Lipinski definition) is 6. The van der Waals surface area contributed by atoms with Gasteiger partial charge in [-0.05, 0) is 11.6 Å². The predicted molar refractivity (Wildman–Crippen MR) is 84.9 cm³/mol. The van der Waals surface area contributed by atoms with E-state index in [2.05, 4.69) is 15.4 Å². The molecule has 1 aliphatic heterocycles. The van der Waals surface area contributed by atoms with Crippen molar-refractivity contribution in [2.45, 2.75) is 18.6 Å². The van der Waals surface area contributed by atoms with Crippen LogP contribution in [0.25, 0.3) is 0 Å². The summed E-state index contributed by atoms with van der Waals surface area (Å²) in [6.07, 6.45) is 5.05. The van der Waals surface area contributed by atoms with Crippen LogP contribution in [0.2, 0.25) is 0 Å². The normalized spacial score (nSPS) is 19.9. The van der Waals surface area contributed by atoms with Gasteiger partial charge in [0.05, 0.1) is 45.2 Å². The number of rotatable bonds is 6. The molecule has 8 heteroatoms. The van der Waals surface area contributed by atoms with Crippen molar-refractivity contribution in [2.24, 2.45) is 7.05 Å². The van der Waals surface area contributed by atoms with Gasteiger partial charge in [0.1, 0.15) is 6.10 Å². The monoisotopic (exact) mass is 332 g/mol. The Kier molecular flexibility index (Phi) is 4.95. The molecule has 8 nitrogen and oxygen atoms in total. The zero-order valence-corrected chi connectivity index (χ0v) is 13.6. The molecular weight excluding hydrogens is 312 g/mol. The minimum absolute atomic E-state index is 0.0986. The fourth-order valence-electron chi connectivity index (χ4n) is 2.54. The lowest BCUT2D eigenvalue weighted by atomic mass is 10.1. The molecule has 0 unspecified atom stereocenters. The largest absolute Gasteiger partial charge is 0.482 e. The van der Waals surface area contributed by atoms with Crippen molar-refractivity contribution in [1.29, 1.82) is 0 Å². The second-order valence-corrected chi connectivity index (χ2v) is 5.60. The molecule has 2 atom stereocenters. The topological polar surface area (TPSA) is 87.5 Å². The number of pyridine rings is 1. The number of nitrogens with zero attached hydrogens (tertiary/aromatic N) is 3.